The second-order valence-corrected chi connectivity index (χ2v) is 13.1. The van der Waals surface area contributed by atoms with E-state index in [4.69, 9.17) is 9.72 Å². The van der Waals surface area contributed by atoms with Crippen LogP contribution in [0.1, 0.15) is 40.0 Å². The van der Waals surface area contributed by atoms with Crippen LogP contribution in [0.25, 0.3) is 15.9 Å². The van der Waals surface area contributed by atoms with Crippen LogP contribution in [0.15, 0.2) is 44.8 Å². The van der Waals surface area contributed by atoms with Gasteiger partial charge < -0.3 is 9.64 Å². The molecule has 3 heterocycles. The van der Waals surface area contributed by atoms with Crippen molar-refractivity contribution in [3.8, 4) is 11.4 Å². The number of benzene rings is 2. The van der Waals surface area contributed by atoms with Crippen molar-refractivity contribution in [1.82, 2.24) is 9.55 Å². The first-order chi connectivity index (χ1) is 18.1. The highest BCUT2D eigenvalue weighted by Gasteiger charge is 2.34. The molecule has 0 spiro atoms. The number of halogens is 1. The number of carbonyl (C=O) groups excluding carboxylic acids is 1. The molecule has 0 radical (unpaired) electrons. The molecule has 4 aromatic rings. The lowest BCUT2D eigenvalue weighted by Crippen LogP contribution is -2.44. The first-order valence-corrected chi connectivity index (χ1v) is 15.0. The Morgan fingerprint density at radius 3 is 2.47 bits per heavy atom. The number of thioether (sulfide) groups is 1. The number of aryl methyl sites for hydroxylation is 5. The Kier molecular flexibility index (Phi) is 7.46. The number of ether oxygens (including phenoxy) is 1. The molecule has 2 aromatic heterocycles. The zero-order valence-corrected chi connectivity index (χ0v) is 25.6. The Morgan fingerprint density at radius 2 is 1.79 bits per heavy atom. The maximum Gasteiger partial charge on any atom is 0.267 e. The maximum atomic E-state index is 14.1. The van der Waals surface area contributed by atoms with Crippen LogP contribution >= 0.6 is 39.0 Å². The lowest BCUT2D eigenvalue weighted by molar-refractivity contribution is -0.119. The number of anilines is 1. The van der Waals surface area contributed by atoms with Crippen molar-refractivity contribution < 1.29 is 9.53 Å². The van der Waals surface area contributed by atoms with Crippen LogP contribution in [0.5, 0.6) is 5.75 Å². The summed E-state index contributed by atoms with van der Waals surface area (Å²) in [6.07, 6.45) is 1.59. The van der Waals surface area contributed by atoms with E-state index in [0.717, 1.165) is 50.1 Å². The summed E-state index contributed by atoms with van der Waals surface area (Å²) in [5, 5.41) is 0.773. The van der Waals surface area contributed by atoms with Crippen LogP contribution in [0.4, 0.5) is 5.69 Å². The summed E-state index contributed by atoms with van der Waals surface area (Å²) in [6, 6.07) is 9.86. The van der Waals surface area contributed by atoms with Gasteiger partial charge in [0.25, 0.3) is 5.56 Å². The van der Waals surface area contributed by atoms with E-state index < -0.39 is 0 Å². The SMILES string of the molecule is COc1ccc(C)cc1-n1c(SC2CCCN(c3c(C)cc(Br)cc3C)C2=O)nc2sc(C)c(C)c2c1=O. The van der Waals surface area contributed by atoms with E-state index in [1.165, 1.54) is 23.1 Å². The number of fused-ring (bicyclic) bond motifs is 1. The van der Waals surface area contributed by atoms with Crippen molar-refractivity contribution in [3.05, 3.63) is 72.3 Å². The molecule has 1 atom stereocenters. The minimum absolute atomic E-state index is 0.0467. The lowest BCUT2D eigenvalue weighted by Gasteiger charge is -2.34. The molecule has 1 unspecified atom stereocenters. The molecular formula is C29H30BrN3O3S2. The van der Waals surface area contributed by atoms with Gasteiger partial charge in [0, 0.05) is 21.6 Å². The molecule has 6 nitrogen and oxygen atoms in total. The normalized spacial score (nSPS) is 15.9. The molecule has 0 bridgehead atoms. The second-order valence-electron chi connectivity index (χ2n) is 9.80. The number of rotatable bonds is 5. The molecule has 38 heavy (non-hydrogen) atoms. The summed E-state index contributed by atoms with van der Waals surface area (Å²) < 4.78 is 8.30. The van der Waals surface area contributed by atoms with Crippen LogP contribution < -0.4 is 15.2 Å². The number of amides is 1. The van der Waals surface area contributed by atoms with Gasteiger partial charge in [-0.15, -0.1) is 11.3 Å². The van der Waals surface area contributed by atoms with Crippen molar-refractivity contribution in [2.75, 3.05) is 18.6 Å². The predicted octanol–water partition coefficient (Wildman–Crippen LogP) is 7.05. The number of hydrogen-bond acceptors (Lipinski definition) is 6. The Morgan fingerprint density at radius 1 is 1.08 bits per heavy atom. The van der Waals surface area contributed by atoms with Crippen LogP contribution in [0.2, 0.25) is 0 Å². The predicted molar refractivity (Wildman–Crippen MR) is 161 cm³/mol. The van der Waals surface area contributed by atoms with Crippen molar-refractivity contribution in [2.45, 2.75) is 57.9 Å². The van der Waals surface area contributed by atoms with Crippen LogP contribution in [-0.2, 0) is 4.79 Å². The number of hydrogen-bond donors (Lipinski definition) is 0. The zero-order chi connectivity index (χ0) is 27.3. The maximum absolute atomic E-state index is 14.1. The minimum Gasteiger partial charge on any atom is -0.495 e. The van der Waals surface area contributed by atoms with E-state index in [1.54, 1.807) is 11.7 Å². The number of methoxy groups -OCH3 is 1. The number of thiophene rings is 1. The summed E-state index contributed by atoms with van der Waals surface area (Å²) in [6.45, 7) is 10.7. The first-order valence-electron chi connectivity index (χ1n) is 12.5. The molecule has 0 saturated carbocycles. The molecule has 1 aliphatic rings. The monoisotopic (exact) mass is 611 g/mol. The lowest BCUT2D eigenvalue weighted by atomic mass is 10.0. The Hall–Kier alpha value is -2.62. The van der Waals surface area contributed by atoms with Crippen molar-refractivity contribution in [2.24, 2.45) is 0 Å². The molecule has 0 N–H and O–H groups in total. The summed E-state index contributed by atoms with van der Waals surface area (Å²) in [7, 11) is 1.60. The minimum atomic E-state index is -0.361. The fraction of sp³-hybridized carbons (Fsp3) is 0.345. The summed E-state index contributed by atoms with van der Waals surface area (Å²) >= 11 is 6.46. The molecule has 1 amide bonds. The van der Waals surface area contributed by atoms with E-state index in [1.807, 2.05) is 69.9 Å². The molecule has 1 saturated heterocycles. The van der Waals surface area contributed by atoms with Gasteiger partial charge in [0.2, 0.25) is 5.91 Å². The van der Waals surface area contributed by atoms with Gasteiger partial charge in [-0.2, -0.15) is 0 Å². The summed E-state index contributed by atoms with van der Waals surface area (Å²) in [5.74, 6) is 0.633. The van der Waals surface area contributed by atoms with Crippen molar-refractivity contribution in [1.29, 1.82) is 0 Å². The molecular weight excluding hydrogens is 582 g/mol. The quantitative estimate of drug-likeness (QED) is 0.226. The summed E-state index contributed by atoms with van der Waals surface area (Å²) in [4.78, 5) is 36.6. The fourth-order valence-electron chi connectivity index (χ4n) is 5.17. The molecule has 1 aliphatic heterocycles. The van der Waals surface area contributed by atoms with E-state index in [2.05, 4.69) is 15.9 Å². The fourth-order valence-corrected chi connectivity index (χ4v) is 8.13. The van der Waals surface area contributed by atoms with E-state index in [-0.39, 0.29) is 16.7 Å². The van der Waals surface area contributed by atoms with Gasteiger partial charge in [-0.3, -0.25) is 14.2 Å². The highest BCUT2D eigenvalue weighted by Crippen LogP contribution is 2.38. The molecule has 0 aliphatic carbocycles. The Labute approximate surface area is 239 Å². The third kappa shape index (κ3) is 4.69. The second kappa shape index (κ2) is 10.5. The smallest absolute Gasteiger partial charge is 0.267 e. The largest absolute Gasteiger partial charge is 0.495 e. The van der Waals surface area contributed by atoms with Gasteiger partial charge in [-0.25, -0.2) is 4.98 Å². The molecule has 5 rings (SSSR count). The standard InChI is InChI=1S/C29H30BrN3O3S2/c1-15-9-10-22(36-6)21(12-15)33-28(35)24-18(4)19(5)37-26(24)31-29(33)38-23-8-7-11-32(27(23)34)25-16(2)13-20(30)14-17(25)3/h9-10,12-14,23H,7-8,11H2,1-6H3. The van der Waals surface area contributed by atoms with Gasteiger partial charge in [-0.1, -0.05) is 33.8 Å². The zero-order valence-electron chi connectivity index (χ0n) is 22.3. The topological polar surface area (TPSA) is 64.4 Å². The molecule has 1 fully saturated rings. The number of carbonyl (C=O) groups is 1. The van der Waals surface area contributed by atoms with Crippen LogP contribution in [0.3, 0.4) is 0 Å². The average Bonchev–Trinajstić information content (AvgIpc) is 3.14. The van der Waals surface area contributed by atoms with Gasteiger partial charge >= 0.3 is 0 Å². The van der Waals surface area contributed by atoms with E-state index in [9.17, 15) is 9.59 Å². The number of nitrogens with zero attached hydrogens (tertiary/aromatic N) is 3. The number of piperidine rings is 1. The third-order valence-electron chi connectivity index (χ3n) is 7.11. The number of aromatic nitrogens is 2. The molecule has 9 heteroatoms. The molecule has 2 aromatic carbocycles. The first kappa shape index (κ1) is 27.0. The van der Waals surface area contributed by atoms with Crippen molar-refractivity contribution >= 4 is 60.8 Å². The van der Waals surface area contributed by atoms with Crippen LogP contribution in [-0.4, -0.2) is 34.4 Å². The highest BCUT2D eigenvalue weighted by atomic mass is 79.9. The van der Waals surface area contributed by atoms with Crippen LogP contribution in [0, 0.1) is 34.6 Å². The Bertz CT molecular complexity index is 1620. The van der Waals surface area contributed by atoms with Gasteiger partial charge in [0.15, 0.2) is 5.16 Å². The average molecular weight is 613 g/mol. The van der Waals surface area contributed by atoms with Gasteiger partial charge in [-0.05, 0) is 94.0 Å². The van der Waals surface area contributed by atoms with E-state index in [0.29, 0.717) is 33.4 Å². The van der Waals surface area contributed by atoms with Gasteiger partial charge in [0.1, 0.15) is 10.6 Å². The highest BCUT2D eigenvalue weighted by molar-refractivity contribution is 9.10. The Balaban J connectivity index is 1.64. The van der Waals surface area contributed by atoms with Gasteiger partial charge in [0.05, 0.1) is 23.4 Å². The molecule has 198 valence electrons. The summed E-state index contributed by atoms with van der Waals surface area (Å²) in [5.41, 5.74) is 5.53. The van der Waals surface area contributed by atoms with Crippen molar-refractivity contribution in [3.63, 3.8) is 0 Å². The van der Waals surface area contributed by atoms with E-state index >= 15 is 0 Å². The third-order valence-corrected chi connectivity index (χ3v) is 9.88.